The normalized spacial score (nSPS) is 11.1. The molecule has 0 unspecified atom stereocenters. The second-order valence-electron chi connectivity index (χ2n) is 5.96. The van der Waals surface area contributed by atoms with Gasteiger partial charge < -0.3 is 15.1 Å². The van der Waals surface area contributed by atoms with Gasteiger partial charge in [0.15, 0.2) is 5.96 Å². The summed E-state index contributed by atoms with van der Waals surface area (Å²) in [5.41, 5.74) is 1.07. The Kier molecular flexibility index (Phi) is 9.98. The Hall–Kier alpha value is -1.94. The van der Waals surface area contributed by atoms with E-state index in [-0.39, 0.29) is 24.0 Å². The SMILES string of the molecule is Cn1nccc1CN=C(NCCSc1ccccc1)NCCc1ccco1.I. The maximum Gasteiger partial charge on any atom is 0.191 e. The number of nitrogens with zero attached hydrogens (tertiary/aromatic N) is 3. The first-order valence-corrected chi connectivity index (χ1v) is 9.99. The van der Waals surface area contributed by atoms with Crippen molar-refractivity contribution in [3.63, 3.8) is 0 Å². The van der Waals surface area contributed by atoms with E-state index in [0.717, 1.165) is 42.7 Å². The molecule has 2 aromatic heterocycles. The Morgan fingerprint density at radius 3 is 2.64 bits per heavy atom. The lowest BCUT2D eigenvalue weighted by atomic mass is 10.3. The minimum absolute atomic E-state index is 0. The minimum Gasteiger partial charge on any atom is -0.469 e. The predicted molar refractivity (Wildman–Crippen MR) is 125 cm³/mol. The van der Waals surface area contributed by atoms with Gasteiger partial charge in [-0.15, -0.1) is 35.7 Å². The van der Waals surface area contributed by atoms with Crippen LogP contribution in [0, 0.1) is 0 Å². The van der Waals surface area contributed by atoms with Crippen LogP contribution >= 0.6 is 35.7 Å². The molecule has 0 saturated carbocycles. The average molecular weight is 511 g/mol. The molecule has 0 radical (unpaired) electrons. The molecule has 0 atom stereocenters. The van der Waals surface area contributed by atoms with Crippen molar-refractivity contribution in [3.8, 4) is 0 Å². The van der Waals surface area contributed by atoms with E-state index in [9.17, 15) is 0 Å². The lowest BCUT2D eigenvalue weighted by Crippen LogP contribution is -2.39. The third-order valence-corrected chi connectivity index (χ3v) is 4.99. The van der Waals surface area contributed by atoms with Crippen molar-refractivity contribution in [1.82, 2.24) is 20.4 Å². The second kappa shape index (κ2) is 12.5. The predicted octanol–water partition coefficient (Wildman–Crippen LogP) is 3.70. The molecule has 28 heavy (non-hydrogen) atoms. The van der Waals surface area contributed by atoms with Crippen molar-refractivity contribution in [3.05, 3.63) is 72.4 Å². The molecule has 2 heterocycles. The fourth-order valence-corrected chi connectivity index (χ4v) is 3.29. The number of aryl methyl sites for hydroxylation is 1. The van der Waals surface area contributed by atoms with Crippen LogP contribution in [-0.4, -0.2) is 34.6 Å². The Morgan fingerprint density at radius 2 is 1.93 bits per heavy atom. The number of rotatable bonds is 9. The molecule has 2 N–H and O–H groups in total. The van der Waals surface area contributed by atoms with Gasteiger partial charge in [0.25, 0.3) is 0 Å². The van der Waals surface area contributed by atoms with Gasteiger partial charge in [-0.1, -0.05) is 18.2 Å². The van der Waals surface area contributed by atoms with Crippen molar-refractivity contribution in [1.29, 1.82) is 0 Å². The molecule has 0 aliphatic rings. The average Bonchev–Trinajstić information content (AvgIpc) is 3.35. The molecular formula is C20H26IN5OS. The Labute approximate surface area is 187 Å². The second-order valence-corrected chi connectivity index (χ2v) is 7.12. The highest BCUT2D eigenvalue weighted by Crippen LogP contribution is 2.15. The fourth-order valence-electron chi connectivity index (χ4n) is 2.50. The molecule has 3 aromatic rings. The topological polar surface area (TPSA) is 67.4 Å². The zero-order chi connectivity index (χ0) is 18.7. The van der Waals surface area contributed by atoms with Crippen molar-refractivity contribution < 1.29 is 4.42 Å². The Morgan fingerprint density at radius 1 is 1.11 bits per heavy atom. The molecule has 0 saturated heterocycles. The number of aliphatic imine (C=N–C) groups is 1. The number of hydrogen-bond acceptors (Lipinski definition) is 4. The third kappa shape index (κ3) is 7.59. The zero-order valence-corrected chi connectivity index (χ0v) is 19.0. The van der Waals surface area contributed by atoms with E-state index in [2.05, 4.69) is 45.0 Å². The summed E-state index contributed by atoms with van der Waals surface area (Å²) in [4.78, 5) is 5.96. The largest absolute Gasteiger partial charge is 0.469 e. The summed E-state index contributed by atoms with van der Waals surface area (Å²) >= 11 is 1.83. The third-order valence-electron chi connectivity index (χ3n) is 3.97. The van der Waals surface area contributed by atoms with Crippen molar-refractivity contribution in [2.24, 2.45) is 12.0 Å². The first kappa shape index (κ1) is 22.4. The highest BCUT2D eigenvalue weighted by molar-refractivity contribution is 14.0. The van der Waals surface area contributed by atoms with E-state index in [1.165, 1.54) is 4.90 Å². The van der Waals surface area contributed by atoms with E-state index in [1.54, 1.807) is 12.5 Å². The first-order chi connectivity index (χ1) is 13.3. The summed E-state index contributed by atoms with van der Waals surface area (Å²) in [6, 6.07) is 16.3. The highest BCUT2D eigenvalue weighted by Gasteiger charge is 2.03. The van der Waals surface area contributed by atoms with Gasteiger partial charge in [0.1, 0.15) is 5.76 Å². The number of halogens is 1. The molecule has 1 aromatic carbocycles. The molecule has 0 amide bonds. The maximum atomic E-state index is 5.38. The van der Waals surface area contributed by atoms with Crippen molar-refractivity contribution in [2.75, 3.05) is 18.8 Å². The number of furan rings is 1. The van der Waals surface area contributed by atoms with Gasteiger partial charge in [0, 0.05) is 43.4 Å². The molecule has 6 nitrogen and oxygen atoms in total. The van der Waals surface area contributed by atoms with Gasteiger partial charge in [0.2, 0.25) is 0 Å². The number of thioether (sulfide) groups is 1. The number of benzene rings is 1. The first-order valence-electron chi connectivity index (χ1n) is 9.00. The summed E-state index contributed by atoms with van der Waals surface area (Å²) in [5.74, 6) is 2.73. The number of aromatic nitrogens is 2. The smallest absolute Gasteiger partial charge is 0.191 e. The zero-order valence-electron chi connectivity index (χ0n) is 15.9. The summed E-state index contributed by atoms with van der Waals surface area (Å²) in [5, 5.41) is 11.0. The van der Waals surface area contributed by atoms with Gasteiger partial charge in [0.05, 0.1) is 18.5 Å². The van der Waals surface area contributed by atoms with E-state index in [1.807, 2.05) is 47.8 Å². The molecule has 0 spiro atoms. The van der Waals surface area contributed by atoms with Gasteiger partial charge in [-0.25, -0.2) is 4.99 Å². The molecule has 8 heteroatoms. The van der Waals surface area contributed by atoms with Gasteiger partial charge >= 0.3 is 0 Å². The van der Waals surface area contributed by atoms with Crippen molar-refractivity contribution >= 4 is 41.7 Å². The molecule has 0 aliphatic carbocycles. The number of hydrogen-bond donors (Lipinski definition) is 2. The van der Waals surface area contributed by atoms with Crippen LogP contribution < -0.4 is 10.6 Å². The van der Waals surface area contributed by atoms with Crippen LogP contribution in [-0.2, 0) is 20.0 Å². The van der Waals surface area contributed by atoms with Crippen LogP contribution in [0.1, 0.15) is 11.5 Å². The highest BCUT2D eigenvalue weighted by atomic mass is 127. The molecule has 0 bridgehead atoms. The minimum atomic E-state index is 0. The lowest BCUT2D eigenvalue weighted by molar-refractivity contribution is 0.507. The molecule has 150 valence electrons. The maximum absolute atomic E-state index is 5.38. The fraction of sp³-hybridized carbons (Fsp3) is 0.300. The Balaban J connectivity index is 0.00000280. The van der Waals surface area contributed by atoms with E-state index in [4.69, 9.17) is 4.42 Å². The van der Waals surface area contributed by atoms with E-state index in [0.29, 0.717) is 6.54 Å². The quantitative estimate of drug-likeness (QED) is 0.151. The monoisotopic (exact) mass is 511 g/mol. The van der Waals surface area contributed by atoms with Crippen LogP contribution in [0.3, 0.4) is 0 Å². The van der Waals surface area contributed by atoms with Crippen LogP contribution in [0.15, 0.2) is 75.3 Å². The number of nitrogens with one attached hydrogen (secondary N) is 2. The van der Waals surface area contributed by atoms with Crippen molar-refractivity contribution in [2.45, 2.75) is 17.9 Å². The van der Waals surface area contributed by atoms with Gasteiger partial charge in [-0.05, 0) is 30.3 Å². The summed E-state index contributed by atoms with van der Waals surface area (Å²) in [6.07, 6.45) is 4.31. The van der Waals surface area contributed by atoms with Gasteiger partial charge in [-0.2, -0.15) is 5.10 Å². The molecule has 3 rings (SSSR count). The van der Waals surface area contributed by atoms with Crippen LogP contribution in [0.25, 0.3) is 0 Å². The molecule has 0 fully saturated rings. The van der Waals surface area contributed by atoms with Crippen LogP contribution in [0.2, 0.25) is 0 Å². The summed E-state index contributed by atoms with van der Waals surface area (Å²) < 4.78 is 7.22. The Bertz CT molecular complexity index is 820. The standard InChI is InChI=1S/C20H25N5OS.HI/c1-25-17(9-12-24-25)16-23-20(21-11-10-18-6-5-14-26-18)22-13-15-27-19-7-3-2-4-8-19;/h2-9,12,14H,10-11,13,15-16H2,1H3,(H2,21,22,23);1H. The molecule has 0 aliphatic heterocycles. The molecular weight excluding hydrogens is 485 g/mol. The van der Waals surface area contributed by atoms with E-state index < -0.39 is 0 Å². The summed E-state index contributed by atoms with van der Waals surface area (Å²) in [6.45, 7) is 2.17. The van der Waals surface area contributed by atoms with Crippen LogP contribution in [0.4, 0.5) is 0 Å². The van der Waals surface area contributed by atoms with E-state index >= 15 is 0 Å². The van der Waals surface area contributed by atoms with Crippen LogP contribution in [0.5, 0.6) is 0 Å². The number of guanidine groups is 1. The van der Waals surface area contributed by atoms with Gasteiger partial charge in [-0.3, -0.25) is 4.68 Å². The summed E-state index contributed by atoms with van der Waals surface area (Å²) in [7, 11) is 1.93. The lowest BCUT2D eigenvalue weighted by Gasteiger charge is -2.12.